The lowest BCUT2D eigenvalue weighted by atomic mass is 10.0. The third kappa shape index (κ3) is 9.59. The largest absolute Gasteiger partial charge is 0.481 e. The minimum Gasteiger partial charge on any atom is -0.481 e. The van der Waals surface area contributed by atoms with Crippen LogP contribution in [0.1, 0.15) is 94.7 Å². The fourth-order valence-electron chi connectivity index (χ4n) is 4.63. The summed E-state index contributed by atoms with van der Waals surface area (Å²) in [5, 5.41) is -0.261. The van der Waals surface area contributed by atoms with Crippen molar-refractivity contribution < 1.29 is 32.3 Å². The third-order valence-corrected chi connectivity index (χ3v) is 24.1. The topological polar surface area (TPSA) is 101 Å². The van der Waals surface area contributed by atoms with Crippen LogP contribution in [0.15, 0.2) is 6.20 Å². The number of ether oxygens (including phenoxy) is 3. The van der Waals surface area contributed by atoms with E-state index < -0.39 is 60.9 Å². The van der Waals surface area contributed by atoms with Crippen molar-refractivity contribution in [2.24, 2.45) is 0 Å². The molecule has 0 radical (unpaired) electrons. The Labute approximate surface area is 289 Å². The second-order valence-electron chi connectivity index (χ2n) is 18.5. The molecule has 0 unspecified atom stereocenters. The van der Waals surface area contributed by atoms with Crippen molar-refractivity contribution in [1.82, 2.24) is 14.9 Å². The van der Waals surface area contributed by atoms with E-state index in [0.717, 1.165) is 0 Å². The number of amides is 1. The van der Waals surface area contributed by atoms with Crippen LogP contribution in [-0.4, -0.2) is 90.6 Å². The molecule has 0 aromatic carbocycles. The van der Waals surface area contributed by atoms with E-state index in [2.05, 4.69) is 112 Å². The predicted octanol–water partition coefficient (Wildman–Crippen LogP) is 8.96. The first-order valence-electron chi connectivity index (χ1n) is 16.9. The molecule has 1 aromatic heterocycles. The van der Waals surface area contributed by atoms with E-state index in [1.807, 2.05) is 20.8 Å². The Balaban J connectivity index is 3.04. The van der Waals surface area contributed by atoms with Crippen molar-refractivity contribution >= 4 is 31.0 Å². The predicted molar refractivity (Wildman–Crippen MR) is 197 cm³/mol. The molecule has 1 fully saturated rings. The summed E-state index contributed by atoms with van der Waals surface area (Å²) in [7, 11) is -4.09. The highest BCUT2D eigenvalue weighted by atomic mass is 28.4. The average Bonchev–Trinajstić information content (AvgIpc) is 3.15. The molecule has 0 spiro atoms. The number of hydrogen-bond donors (Lipinski definition) is 0. The standard InChI is InChI=1S/C34H67N3O7Si3/c1-31(2,3)42-30(38)37-24(22-41-45(15,16)32(4,5)6)26(43-46(17,18)33(7,8)9)27(44-47(19,20)34(10,11)12)25(37)23-21-35-29(40-14)36-28(23)39-13/h21,24-27H,22H2,1-20H3/t24-,25+,26-,27+/m1/s1. The zero-order chi connectivity index (χ0) is 36.8. The Kier molecular flexibility index (Phi) is 12.4. The van der Waals surface area contributed by atoms with Crippen molar-refractivity contribution in [2.75, 3.05) is 20.8 Å². The molecule has 13 heteroatoms. The summed E-state index contributed by atoms with van der Waals surface area (Å²) in [6.45, 7) is 39.3. The lowest BCUT2D eigenvalue weighted by molar-refractivity contribution is 0.00128. The lowest BCUT2D eigenvalue weighted by Gasteiger charge is -2.44. The van der Waals surface area contributed by atoms with Gasteiger partial charge in [-0.25, -0.2) is 9.78 Å². The summed E-state index contributed by atoms with van der Waals surface area (Å²) in [4.78, 5) is 25.4. The highest BCUT2D eigenvalue weighted by Gasteiger charge is 2.60. The fourth-order valence-corrected chi connectivity index (χ4v) is 8.28. The molecule has 1 aromatic rings. The molecule has 4 atom stereocenters. The molecule has 0 N–H and O–H groups in total. The molecule has 0 saturated carbocycles. The third-order valence-electron chi connectivity index (χ3n) is 10.6. The second kappa shape index (κ2) is 14.0. The van der Waals surface area contributed by atoms with E-state index in [9.17, 15) is 4.79 Å². The molecule has 2 rings (SSSR count). The van der Waals surface area contributed by atoms with Crippen LogP contribution < -0.4 is 9.47 Å². The van der Waals surface area contributed by atoms with Gasteiger partial charge in [0.1, 0.15) is 5.60 Å². The van der Waals surface area contributed by atoms with Crippen LogP contribution >= 0.6 is 0 Å². The minimum absolute atomic E-state index is 0.0401. The van der Waals surface area contributed by atoms with Gasteiger partial charge in [-0.3, -0.25) is 4.90 Å². The Hall–Kier alpha value is -1.52. The number of rotatable bonds is 10. The monoisotopic (exact) mass is 713 g/mol. The number of methoxy groups -OCH3 is 2. The number of aromatic nitrogens is 2. The summed E-state index contributed by atoms with van der Waals surface area (Å²) in [5.41, 5.74) is -0.150. The maximum Gasteiger partial charge on any atom is 0.411 e. The zero-order valence-electron chi connectivity index (χ0n) is 33.3. The van der Waals surface area contributed by atoms with Gasteiger partial charge in [0, 0.05) is 6.20 Å². The summed E-state index contributed by atoms with van der Waals surface area (Å²) in [5.74, 6) is 0.302. The molecule has 10 nitrogen and oxygen atoms in total. The van der Waals surface area contributed by atoms with Gasteiger partial charge in [0.25, 0.3) is 0 Å². The molecule has 0 bridgehead atoms. The summed E-state index contributed by atoms with van der Waals surface area (Å²) in [6.07, 6.45) is 0.0831. The Morgan fingerprint density at radius 1 is 0.745 bits per heavy atom. The minimum atomic E-state index is -2.47. The number of nitrogens with zero attached hydrogens (tertiary/aromatic N) is 3. The first-order chi connectivity index (χ1) is 20.9. The summed E-state index contributed by atoms with van der Waals surface area (Å²) < 4.78 is 39.1. The van der Waals surface area contributed by atoms with Crippen LogP contribution in [0.5, 0.6) is 11.9 Å². The number of hydrogen-bond acceptors (Lipinski definition) is 9. The Morgan fingerprint density at radius 3 is 1.62 bits per heavy atom. The Bertz CT molecular complexity index is 1230. The molecule has 2 heterocycles. The van der Waals surface area contributed by atoms with Gasteiger partial charge in [-0.2, -0.15) is 4.98 Å². The maximum atomic E-state index is 14.6. The van der Waals surface area contributed by atoms with Crippen LogP contribution in [0.3, 0.4) is 0 Å². The van der Waals surface area contributed by atoms with Crippen LogP contribution in [0.25, 0.3) is 0 Å². The normalized spacial score (nSPS) is 22.0. The maximum absolute atomic E-state index is 14.6. The van der Waals surface area contributed by atoms with Gasteiger partial charge in [-0.15, -0.1) is 0 Å². The average molecular weight is 714 g/mol. The molecule has 1 aliphatic rings. The highest BCUT2D eigenvalue weighted by molar-refractivity contribution is 6.75. The molecule has 0 aliphatic carbocycles. The quantitative estimate of drug-likeness (QED) is 0.220. The van der Waals surface area contributed by atoms with Gasteiger partial charge >= 0.3 is 12.1 Å². The van der Waals surface area contributed by atoms with Crippen LogP contribution in [0, 0.1) is 0 Å². The van der Waals surface area contributed by atoms with Gasteiger partial charge in [-0.1, -0.05) is 62.3 Å². The van der Waals surface area contributed by atoms with E-state index >= 15 is 0 Å². The van der Waals surface area contributed by atoms with E-state index in [1.54, 1.807) is 18.2 Å². The van der Waals surface area contributed by atoms with Crippen molar-refractivity contribution in [3.05, 3.63) is 11.8 Å². The van der Waals surface area contributed by atoms with Gasteiger partial charge in [0.15, 0.2) is 25.0 Å². The van der Waals surface area contributed by atoms with Crippen molar-refractivity contribution in [1.29, 1.82) is 0 Å². The fraction of sp³-hybridized carbons (Fsp3) is 0.853. The molecular weight excluding hydrogens is 647 g/mol. The van der Waals surface area contributed by atoms with Crippen molar-refractivity contribution in [3.63, 3.8) is 0 Å². The molecule has 1 amide bonds. The first-order valence-corrected chi connectivity index (χ1v) is 25.6. The summed E-state index contributed by atoms with van der Waals surface area (Å²) in [6, 6.07) is -1.05. The number of likely N-dealkylation sites (tertiary alicyclic amines) is 1. The highest BCUT2D eigenvalue weighted by Crippen LogP contribution is 2.50. The molecule has 272 valence electrons. The second-order valence-corrected chi connectivity index (χ2v) is 32.8. The van der Waals surface area contributed by atoms with Crippen molar-refractivity contribution in [2.45, 2.75) is 167 Å². The van der Waals surface area contributed by atoms with E-state index in [1.165, 1.54) is 7.11 Å². The van der Waals surface area contributed by atoms with Gasteiger partial charge < -0.3 is 27.5 Å². The van der Waals surface area contributed by atoms with Crippen LogP contribution in [0.4, 0.5) is 4.79 Å². The lowest BCUT2D eigenvalue weighted by Crippen LogP contribution is -2.55. The van der Waals surface area contributed by atoms with E-state index in [4.69, 9.17) is 27.5 Å². The van der Waals surface area contributed by atoms with Gasteiger partial charge in [-0.05, 0) is 75.2 Å². The van der Waals surface area contributed by atoms with E-state index in [0.29, 0.717) is 11.4 Å². The zero-order valence-corrected chi connectivity index (χ0v) is 36.3. The SMILES string of the molecule is COc1ncc([C@H]2[C@H](O[Si](C)(C)C(C)(C)C)[C@H](O[Si](C)(C)C(C)(C)C)[C@@H](CO[Si](C)(C)C(C)(C)C)N2C(=O)OC(C)(C)C)c(OC)n1. The summed E-state index contributed by atoms with van der Waals surface area (Å²) >= 11 is 0. The van der Waals surface area contributed by atoms with E-state index in [-0.39, 0.29) is 27.7 Å². The smallest absolute Gasteiger partial charge is 0.411 e. The number of carbonyl (C=O) groups is 1. The van der Waals surface area contributed by atoms with Crippen LogP contribution in [0.2, 0.25) is 54.4 Å². The number of carbonyl (C=O) groups excluding carboxylic acids is 1. The van der Waals surface area contributed by atoms with Gasteiger partial charge in [0.2, 0.25) is 5.88 Å². The molecule has 1 aliphatic heterocycles. The Morgan fingerprint density at radius 2 is 1.21 bits per heavy atom. The first kappa shape index (κ1) is 41.7. The molecule has 1 saturated heterocycles. The molecular formula is C34H67N3O7Si3. The van der Waals surface area contributed by atoms with Crippen LogP contribution in [-0.2, 0) is 18.0 Å². The molecule has 47 heavy (non-hydrogen) atoms. The van der Waals surface area contributed by atoms with Gasteiger partial charge in [0.05, 0.1) is 50.7 Å². The van der Waals surface area contributed by atoms with Crippen molar-refractivity contribution in [3.8, 4) is 11.9 Å².